The summed E-state index contributed by atoms with van der Waals surface area (Å²) in [5.74, 6) is -1.53. The number of aliphatic carboxylic acids is 1. The van der Waals surface area contributed by atoms with Crippen molar-refractivity contribution in [2.24, 2.45) is 0 Å². The van der Waals surface area contributed by atoms with E-state index in [0.717, 1.165) is 19.1 Å². The standard InChI is InChI=1S/C10H9ClF3NO4S/c1-5(9(16)17)15-20(18,19)8-6(10(12,13)14)3-2-4-7(8)11/h2-5,15H,1H3,(H,16,17). The number of benzene rings is 1. The molecule has 2 N–H and O–H groups in total. The van der Waals surface area contributed by atoms with E-state index in [0.29, 0.717) is 6.07 Å². The number of nitrogens with one attached hydrogen (secondary N) is 1. The lowest BCUT2D eigenvalue weighted by atomic mass is 10.2. The van der Waals surface area contributed by atoms with Gasteiger partial charge in [0.15, 0.2) is 0 Å². The number of carboxylic acids is 1. The van der Waals surface area contributed by atoms with E-state index in [4.69, 9.17) is 16.7 Å². The number of hydrogen-bond acceptors (Lipinski definition) is 3. The first-order valence-electron chi connectivity index (χ1n) is 5.07. The summed E-state index contributed by atoms with van der Waals surface area (Å²) in [4.78, 5) is 9.40. The minimum Gasteiger partial charge on any atom is -0.480 e. The summed E-state index contributed by atoms with van der Waals surface area (Å²) in [6.45, 7) is 0.976. The number of hydrogen-bond donors (Lipinski definition) is 2. The molecule has 0 saturated carbocycles. The molecule has 0 amide bonds. The van der Waals surface area contributed by atoms with Crippen molar-refractivity contribution in [3.63, 3.8) is 0 Å². The van der Waals surface area contributed by atoms with Gasteiger partial charge in [-0.25, -0.2) is 8.42 Å². The van der Waals surface area contributed by atoms with E-state index in [-0.39, 0.29) is 0 Å². The van der Waals surface area contributed by atoms with Gasteiger partial charge in [0.1, 0.15) is 10.9 Å². The van der Waals surface area contributed by atoms with Crippen molar-refractivity contribution in [2.75, 3.05) is 0 Å². The second-order valence-electron chi connectivity index (χ2n) is 3.80. The van der Waals surface area contributed by atoms with Crippen molar-refractivity contribution in [3.05, 3.63) is 28.8 Å². The van der Waals surface area contributed by atoms with Crippen molar-refractivity contribution in [3.8, 4) is 0 Å². The van der Waals surface area contributed by atoms with Crippen LogP contribution in [0.4, 0.5) is 13.2 Å². The Morgan fingerprint density at radius 2 is 1.95 bits per heavy atom. The summed E-state index contributed by atoms with van der Waals surface area (Å²) >= 11 is 5.52. The van der Waals surface area contributed by atoms with Crippen LogP contribution >= 0.6 is 11.6 Å². The Labute approximate surface area is 117 Å². The number of sulfonamides is 1. The van der Waals surface area contributed by atoms with Crippen LogP contribution in [0.15, 0.2) is 23.1 Å². The van der Waals surface area contributed by atoms with E-state index in [1.807, 2.05) is 0 Å². The summed E-state index contributed by atoms with van der Waals surface area (Å²) in [5.41, 5.74) is -1.46. The smallest absolute Gasteiger partial charge is 0.417 e. The second kappa shape index (κ2) is 5.58. The molecule has 0 radical (unpaired) electrons. The van der Waals surface area contributed by atoms with E-state index >= 15 is 0 Å². The molecule has 0 aliphatic heterocycles. The van der Waals surface area contributed by atoms with Crippen LogP contribution in [-0.4, -0.2) is 25.5 Å². The molecule has 20 heavy (non-hydrogen) atoms. The lowest BCUT2D eigenvalue weighted by molar-refractivity contribution is -0.140. The third kappa shape index (κ3) is 3.62. The van der Waals surface area contributed by atoms with Crippen LogP contribution in [0, 0.1) is 0 Å². The number of rotatable bonds is 4. The molecule has 1 aromatic carbocycles. The van der Waals surface area contributed by atoms with Crippen LogP contribution in [0.25, 0.3) is 0 Å². The van der Waals surface area contributed by atoms with Crippen molar-refractivity contribution in [1.29, 1.82) is 0 Å². The highest BCUT2D eigenvalue weighted by Gasteiger charge is 2.39. The largest absolute Gasteiger partial charge is 0.480 e. The van der Waals surface area contributed by atoms with Crippen LogP contribution in [0.5, 0.6) is 0 Å². The quantitative estimate of drug-likeness (QED) is 0.885. The Kier molecular flexibility index (Phi) is 4.67. The highest BCUT2D eigenvalue weighted by atomic mass is 35.5. The Bertz CT molecular complexity index is 630. The Morgan fingerprint density at radius 1 is 1.40 bits per heavy atom. The second-order valence-corrected chi connectivity index (χ2v) is 5.85. The average Bonchev–Trinajstić information content (AvgIpc) is 2.26. The SMILES string of the molecule is CC(NS(=O)(=O)c1c(Cl)cccc1C(F)(F)F)C(=O)O. The predicted octanol–water partition coefficient (Wildman–Crippen LogP) is 2.11. The zero-order chi connectivity index (χ0) is 15.7. The van der Waals surface area contributed by atoms with Gasteiger partial charge < -0.3 is 5.11 Å². The molecular formula is C10H9ClF3NO4S. The van der Waals surface area contributed by atoms with Gasteiger partial charge in [-0.05, 0) is 19.1 Å². The van der Waals surface area contributed by atoms with E-state index in [1.54, 1.807) is 4.72 Å². The molecule has 1 aromatic rings. The van der Waals surface area contributed by atoms with Gasteiger partial charge in [-0.2, -0.15) is 17.9 Å². The molecule has 0 aliphatic carbocycles. The van der Waals surface area contributed by atoms with Crippen LogP contribution < -0.4 is 4.72 Å². The third-order valence-corrected chi connectivity index (χ3v) is 4.31. The van der Waals surface area contributed by atoms with Crippen LogP contribution in [0.1, 0.15) is 12.5 Å². The molecule has 1 atom stereocenters. The third-order valence-electron chi connectivity index (χ3n) is 2.24. The van der Waals surface area contributed by atoms with Crippen LogP contribution in [-0.2, 0) is 21.0 Å². The highest BCUT2D eigenvalue weighted by molar-refractivity contribution is 7.89. The van der Waals surface area contributed by atoms with E-state index in [9.17, 15) is 26.4 Å². The minimum atomic E-state index is -4.94. The lowest BCUT2D eigenvalue weighted by Crippen LogP contribution is -2.39. The molecule has 0 bridgehead atoms. The minimum absolute atomic E-state index is 0.547. The Morgan fingerprint density at radius 3 is 2.40 bits per heavy atom. The normalized spacial score (nSPS) is 14.1. The summed E-state index contributed by atoms with van der Waals surface area (Å²) in [6, 6.07) is 0.866. The van der Waals surface area contributed by atoms with Crippen LogP contribution in [0.2, 0.25) is 5.02 Å². The fourth-order valence-electron chi connectivity index (χ4n) is 1.35. The van der Waals surface area contributed by atoms with Crippen molar-refractivity contribution >= 4 is 27.6 Å². The molecule has 0 aromatic heterocycles. The molecule has 10 heteroatoms. The molecule has 1 unspecified atom stereocenters. The Hall–Kier alpha value is -1.32. The highest BCUT2D eigenvalue weighted by Crippen LogP contribution is 2.37. The molecular weight excluding hydrogens is 323 g/mol. The summed E-state index contributed by atoms with van der Waals surface area (Å²) in [5, 5.41) is 7.96. The molecule has 0 heterocycles. The van der Waals surface area contributed by atoms with E-state index in [1.165, 1.54) is 0 Å². The number of halogens is 4. The number of carboxylic acid groups (broad SMARTS) is 1. The number of carbonyl (C=O) groups is 1. The van der Waals surface area contributed by atoms with Crippen molar-refractivity contribution in [2.45, 2.75) is 24.0 Å². The summed E-state index contributed by atoms with van der Waals surface area (Å²) in [7, 11) is -4.73. The first kappa shape index (κ1) is 16.7. The summed E-state index contributed by atoms with van der Waals surface area (Å²) in [6.07, 6.45) is -4.94. The monoisotopic (exact) mass is 331 g/mol. The van der Waals surface area contributed by atoms with Gasteiger partial charge in [-0.1, -0.05) is 17.7 Å². The van der Waals surface area contributed by atoms with Gasteiger partial charge >= 0.3 is 12.1 Å². The average molecular weight is 332 g/mol. The molecule has 0 fully saturated rings. The molecule has 1 rings (SSSR count). The predicted molar refractivity (Wildman–Crippen MR) is 63.9 cm³/mol. The van der Waals surface area contributed by atoms with Crippen molar-refractivity contribution < 1.29 is 31.5 Å². The maximum atomic E-state index is 12.8. The van der Waals surface area contributed by atoms with Crippen molar-refractivity contribution in [1.82, 2.24) is 4.72 Å². The fraction of sp³-hybridized carbons (Fsp3) is 0.300. The summed E-state index contributed by atoms with van der Waals surface area (Å²) < 4.78 is 63.7. The van der Waals surface area contributed by atoms with Gasteiger partial charge in [-0.15, -0.1) is 0 Å². The zero-order valence-corrected chi connectivity index (χ0v) is 11.5. The van der Waals surface area contributed by atoms with E-state index < -0.39 is 43.7 Å². The lowest BCUT2D eigenvalue weighted by Gasteiger charge is -2.16. The topological polar surface area (TPSA) is 83.5 Å². The maximum Gasteiger partial charge on any atom is 0.417 e. The Balaban J connectivity index is 3.42. The van der Waals surface area contributed by atoms with Gasteiger partial charge in [0.05, 0.1) is 10.6 Å². The van der Waals surface area contributed by atoms with Gasteiger partial charge in [-0.3, -0.25) is 4.79 Å². The van der Waals surface area contributed by atoms with Gasteiger partial charge in [0.25, 0.3) is 0 Å². The molecule has 0 saturated heterocycles. The number of alkyl halides is 3. The maximum absolute atomic E-state index is 12.8. The van der Waals surface area contributed by atoms with Crippen LogP contribution in [0.3, 0.4) is 0 Å². The fourth-order valence-corrected chi connectivity index (χ4v) is 3.31. The molecule has 0 aliphatic rings. The molecule has 5 nitrogen and oxygen atoms in total. The molecule has 0 spiro atoms. The first-order chi connectivity index (χ1) is 8.97. The zero-order valence-electron chi connectivity index (χ0n) is 9.90. The first-order valence-corrected chi connectivity index (χ1v) is 6.94. The van der Waals surface area contributed by atoms with Gasteiger partial charge in [0.2, 0.25) is 10.0 Å². The van der Waals surface area contributed by atoms with Gasteiger partial charge in [0, 0.05) is 0 Å². The van der Waals surface area contributed by atoms with E-state index in [2.05, 4.69) is 0 Å². The molecule has 112 valence electrons.